The second-order valence-electron chi connectivity index (χ2n) is 8.09. The summed E-state index contributed by atoms with van der Waals surface area (Å²) in [6.45, 7) is 9.74. The van der Waals surface area contributed by atoms with Crippen LogP contribution in [0.3, 0.4) is 0 Å². The maximum atomic E-state index is 9.97. The van der Waals surface area contributed by atoms with E-state index in [-0.39, 0.29) is 12.0 Å². The molecule has 126 valence electrons. The molecule has 0 spiro atoms. The Morgan fingerprint density at radius 3 is 2.68 bits per heavy atom. The van der Waals surface area contributed by atoms with Crippen LogP contribution in [0.2, 0.25) is 0 Å². The van der Waals surface area contributed by atoms with Crippen molar-refractivity contribution in [3.05, 3.63) is 23.3 Å². The standard InChI is InChI=1S/C20H34O2/c1-15(10-13-21)8-11-20(4)17(14-22)9-12-19(3)16(2)6-5-7-18(19)20/h6,10,17-18,21-22H,5,7-9,11-14H2,1-4H3/b15-10+/t17-,18-,19-,20+/m0/s1. The summed E-state index contributed by atoms with van der Waals surface area (Å²) in [6.07, 6.45) is 11.3. The molecule has 2 aliphatic rings. The van der Waals surface area contributed by atoms with Gasteiger partial charge in [0.2, 0.25) is 0 Å². The van der Waals surface area contributed by atoms with Crippen LogP contribution in [0.5, 0.6) is 0 Å². The number of allylic oxidation sites excluding steroid dienone is 3. The monoisotopic (exact) mass is 306 g/mol. The number of rotatable bonds is 5. The van der Waals surface area contributed by atoms with Crippen molar-refractivity contribution in [2.75, 3.05) is 13.2 Å². The van der Waals surface area contributed by atoms with Crippen molar-refractivity contribution in [2.24, 2.45) is 22.7 Å². The van der Waals surface area contributed by atoms with Crippen molar-refractivity contribution in [3.8, 4) is 0 Å². The molecule has 0 aliphatic heterocycles. The molecule has 1 saturated carbocycles. The van der Waals surface area contributed by atoms with Gasteiger partial charge in [-0.15, -0.1) is 0 Å². The van der Waals surface area contributed by atoms with E-state index in [4.69, 9.17) is 5.11 Å². The highest BCUT2D eigenvalue weighted by Gasteiger charge is 2.53. The average Bonchev–Trinajstić information content (AvgIpc) is 2.48. The predicted molar refractivity (Wildman–Crippen MR) is 92.6 cm³/mol. The van der Waals surface area contributed by atoms with Gasteiger partial charge in [0.25, 0.3) is 0 Å². The second-order valence-corrected chi connectivity index (χ2v) is 8.09. The van der Waals surface area contributed by atoms with E-state index in [0.29, 0.717) is 23.9 Å². The van der Waals surface area contributed by atoms with Gasteiger partial charge in [0.05, 0.1) is 6.61 Å². The lowest BCUT2D eigenvalue weighted by molar-refractivity contribution is -0.0712. The fraction of sp³-hybridized carbons (Fsp3) is 0.800. The van der Waals surface area contributed by atoms with Gasteiger partial charge >= 0.3 is 0 Å². The van der Waals surface area contributed by atoms with Crippen LogP contribution in [0.4, 0.5) is 0 Å². The lowest BCUT2D eigenvalue weighted by Crippen LogP contribution is -2.51. The van der Waals surface area contributed by atoms with E-state index in [0.717, 1.165) is 19.3 Å². The van der Waals surface area contributed by atoms with E-state index in [1.54, 1.807) is 5.57 Å². The van der Waals surface area contributed by atoms with E-state index in [1.807, 2.05) is 6.08 Å². The summed E-state index contributed by atoms with van der Waals surface area (Å²) >= 11 is 0. The van der Waals surface area contributed by atoms with Crippen LogP contribution < -0.4 is 0 Å². The van der Waals surface area contributed by atoms with E-state index < -0.39 is 0 Å². The molecule has 0 aromatic heterocycles. The summed E-state index contributed by atoms with van der Waals surface area (Å²) in [5, 5.41) is 19.0. The molecule has 4 atom stereocenters. The summed E-state index contributed by atoms with van der Waals surface area (Å²) in [6, 6.07) is 0. The molecule has 0 aromatic rings. The Hall–Kier alpha value is -0.600. The molecular formula is C20H34O2. The number of fused-ring (bicyclic) bond motifs is 1. The fourth-order valence-corrected chi connectivity index (χ4v) is 5.21. The molecule has 22 heavy (non-hydrogen) atoms. The molecule has 2 N–H and O–H groups in total. The van der Waals surface area contributed by atoms with Crippen LogP contribution in [0.25, 0.3) is 0 Å². The Labute approximate surface area is 136 Å². The van der Waals surface area contributed by atoms with E-state index in [2.05, 4.69) is 33.8 Å². The minimum atomic E-state index is 0.134. The Bertz CT molecular complexity index is 451. The SMILES string of the molecule is CC1=CCC[C@@H]2[C@](C)(CC/C(C)=C/CO)[C@H](CO)CC[C@@]12C. The largest absolute Gasteiger partial charge is 0.396 e. The average molecular weight is 306 g/mol. The van der Waals surface area contributed by atoms with Crippen LogP contribution >= 0.6 is 0 Å². The molecule has 0 bridgehead atoms. The highest BCUT2D eigenvalue weighted by Crippen LogP contribution is 2.61. The molecule has 2 nitrogen and oxygen atoms in total. The van der Waals surface area contributed by atoms with Gasteiger partial charge in [-0.25, -0.2) is 0 Å². The van der Waals surface area contributed by atoms with Gasteiger partial charge in [0.1, 0.15) is 0 Å². The predicted octanol–water partition coefficient (Wildman–Crippen LogP) is 4.48. The Morgan fingerprint density at radius 1 is 1.32 bits per heavy atom. The zero-order chi connectivity index (χ0) is 16.4. The molecule has 0 saturated heterocycles. The highest BCUT2D eigenvalue weighted by atomic mass is 16.3. The topological polar surface area (TPSA) is 40.5 Å². The van der Waals surface area contributed by atoms with Crippen LogP contribution in [0.15, 0.2) is 23.3 Å². The third-order valence-electron chi connectivity index (χ3n) is 7.03. The third kappa shape index (κ3) is 3.05. The van der Waals surface area contributed by atoms with Gasteiger partial charge in [-0.3, -0.25) is 0 Å². The number of aliphatic hydroxyl groups excluding tert-OH is 2. The first-order valence-corrected chi connectivity index (χ1v) is 8.93. The summed E-state index contributed by atoms with van der Waals surface area (Å²) in [5.41, 5.74) is 3.35. The molecule has 2 aliphatic carbocycles. The van der Waals surface area contributed by atoms with Crippen molar-refractivity contribution in [1.29, 1.82) is 0 Å². The van der Waals surface area contributed by atoms with Crippen molar-refractivity contribution >= 4 is 0 Å². The molecule has 0 radical (unpaired) electrons. The van der Waals surface area contributed by atoms with Crippen molar-refractivity contribution in [1.82, 2.24) is 0 Å². The molecule has 2 rings (SSSR count). The summed E-state index contributed by atoms with van der Waals surface area (Å²) in [5.74, 6) is 1.08. The lowest BCUT2D eigenvalue weighted by Gasteiger charge is -2.58. The molecule has 0 heterocycles. The maximum Gasteiger partial charge on any atom is 0.0614 e. The smallest absolute Gasteiger partial charge is 0.0614 e. The molecule has 2 heteroatoms. The van der Waals surface area contributed by atoms with E-state index in [9.17, 15) is 5.11 Å². The van der Waals surface area contributed by atoms with Crippen molar-refractivity contribution in [3.63, 3.8) is 0 Å². The molecule has 0 amide bonds. The molecule has 0 unspecified atom stereocenters. The van der Waals surface area contributed by atoms with E-state index in [1.165, 1.54) is 24.8 Å². The number of aliphatic hydroxyl groups is 2. The second kappa shape index (κ2) is 6.88. The van der Waals surface area contributed by atoms with Crippen LogP contribution in [-0.4, -0.2) is 23.4 Å². The molecular weight excluding hydrogens is 272 g/mol. The molecule has 0 aromatic carbocycles. The van der Waals surface area contributed by atoms with Gasteiger partial charge in [0.15, 0.2) is 0 Å². The van der Waals surface area contributed by atoms with Crippen molar-refractivity contribution < 1.29 is 10.2 Å². The maximum absolute atomic E-state index is 9.97. The van der Waals surface area contributed by atoms with Crippen LogP contribution in [-0.2, 0) is 0 Å². The number of hydrogen-bond donors (Lipinski definition) is 2. The normalized spacial score (nSPS) is 39.4. The van der Waals surface area contributed by atoms with Crippen LogP contribution in [0, 0.1) is 22.7 Å². The van der Waals surface area contributed by atoms with Gasteiger partial charge in [-0.1, -0.05) is 37.1 Å². The Morgan fingerprint density at radius 2 is 2.05 bits per heavy atom. The molecule has 1 fully saturated rings. The van der Waals surface area contributed by atoms with Gasteiger partial charge in [-0.2, -0.15) is 0 Å². The number of hydrogen-bond acceptors (Lipinski definition) is 2. The lowest BCUT2D eigenvalue weighted by atomic mass is 9.46. The first-order valence-electron chi connectivity index (χ1n) is 8.93. The Kier molecular flexibility index (Phi) is 5.55. The van der Waals surface area contributed by atoms with Crippen LogP contribution in [0.1, 0.15) is 66.2 Å². The quantitative estimate of drug-likeness (QED) is 0.735. The van der Waals surface area contributed by atoms with Crippen molar-refractivity contribution in [2.45, 2.75) is 66.2 Å². The fourth-order valence-electron chi connectivity index (χ4n) is 5.21. The zero-order valence-corrected chi connectivity index (χ0v) is 14.9. The zero-order valence-electron chi connectivity index (χ0n) is 14.9. The minimum Gasteiger partial charge on any atom is -0.396 e. The summed E-state index contributed by atoms with van der Waals surface area (Å²) in [7, 11) is 0. The third-order valence-corrected chi connectivity index (χ3v) is 7.03. The van der Waals surface area contributed by atoms with E-state index >= 15 is 0 Å². The van der Waals surface area contributed by atoms with Gasteiger partial charge in [-0.05, 0) is 75.0 Å². The highest BCUT2D eigenvalue weighted by molar-refractivity contribution is 5.21. The van der Waals surface area contributed by atoms with Gasteiger partial charge in [0, 0.05) is 6.61 Å². The Balaban J connectivity index is 2.27. The summed E-state index contributed by atoms with van der Waals surface area (Å²) < 4.78 is 0. The minimum absolute atomic E-state index is 0.134. The summed E-state index contributed by atoms with van der Waals surface area (Å²) in [4.78, 5) is 0. The first-order chi connectivity index (χ1) is 10.4. The van der Waals surface area contributed by atoms with Gasteiger partial charge < -0.3 is 10.2 Å². The first kappa shape index (κ1) is 17.7.